The fraction of sp³-hybridized carbons (Fsp3) is 0.429. The van der Waals surface area contributed by atoms with Gasteiger partial charge in [0.1, 0.15) is 6.04 Å². The first-order chi connectivity index (χ1) is 9.63. The van der Waals surface area contributed by atoms with Gasteiger partial charge in [-0.2, -0.15) is 11.8 Å². The van der Waals surface area contributed by atoms with E-state index in [0.717, 1.165) is 17.7 Å². The van der Waals surface area contributed by atoms with Gasteiger partial charge in [0.25, 0.3) is 0 Å². The van der Waals surface area contributed by atoms with E-state index < -0.39 is 18.0 Å². The summed E-state index contributed by atoms with van der Waals surface area (Å²) in [5, 5.41) is 14.3. The van der Waals surface area contributed by atoms with Crippen LogP contribution in [-0.4, -0.2) is 41.7 Å². The molecular weight excluding hydrogens is 276 g/mol. The number of carboxylic acid groups (broad SMARTS) is 1. The third-order valence-electron chi connectivity index (χ3n) is 2.70. The summed E-state index contributed by atoms with van der Waals surface area (Å²) < 4.78 is 0. The van der Waals surface area contributed by atoms with Crippen LogP contribution in [0.4, 0.5) is 4.79 Å². The van der Waals surface area contributed by atoms with Crippen LogP contribution in [0.5, 0.6) is 0 Å². The minimum absolute atomic E-state index is 0.272. The molecule has 0 aliphatic heterocycles. The predicted octanol–water partition coefficient (Wildman–Crippen LogP) is 1.73. The highest BCUT2D eigenvalue weighted by Gasteiger charge is 2.19. The molecule has 0 saturated heterocycles. The lowest BCUT2D eigenvalue weighted by atomic mass is 10.1. The lowest BCUT2D eigenvalue weighted by Gasteiger charge is -2.15. The Bertz CT molecular complexity index is 426. The number of hydrogen-bond acceptors (Lipinski definition) is 3. The van der Waals surface area contributed by atoms with Gasteiger partial charge >= 0.3 is 12.0 Å². The topological polar surface area (TPSA) is 78.4 Å². The summed E-state index contributed by atoms with van der Waals surface area (Å²) in [5.41, 5.74) is 0.877. The molecule has 20 heavy (non-hydrogen) atoms. The number of urea groups is 1. The Morgan fingerprint density at radius 2 is 2.00 bits per heavy atom. The van der Waals surface area contributed by atoms with Gasteiger partial charge in [0.15, 0.2) is 0 Å². The molecule has 1 aromatic carbocycles. The van der Waals surface area contributed by atoms with Gasteiger partial charge in [0, 0.05) is 13.0 Å². The number of carboxylic acids is 1. The van der Waals surface area contributed by atoms with Gasteiger partial charge in [-0.15, -0.1) is 0 Å². The molecule has 0 unspecified atom stereocenters. The molecule has 0 radical (unpaired) electrons. The van der Waals surface area contributed by atoms with Crippen LogP contribution in [0.15, 0.2) is 30.3 Å². The van der Waals surface area contributed by atoms with Crippen molar-refractivity contribution in [1.82, 2.24) is 10.6 Å². The highest BCUT2D eigenvalue weighted by Crippen LogP contribution is 2.03. The Labute approximate surface area is 123 Å². The van der Waals surface area contributed by atoms with Crippen LogP contribution in [0.1, 0.15) is 12.0 Å². The first kappa shape index (κ1) is 16.4. The van der Waals surface area contributed by atoms with E-state index in [9.17, 15) is 9.59 Å². The maximum atomic E-state index is 11.6. The van der Waals surface area contributed by atoms with Crippen LogP contribution < -0.4 is 10.6 Å². The fourth-order valence-corrected chi connectivity index (χ4v) is 2.11. The second kappa shape index (κ2) is 9.25. The summed E-state index contributed by atoms with van der Waals surface area (Å²) in [6, 6.07) is 7.88. The third-order valence-corrected chi connectivity index (χ3v) is 3.39. The molecule has 3 N–H and O–H groups in total. The largest absolute Gasteiger partial charge is 0.480 e. The molecule has 1 rings (SSSR count). The van der Waals surface area contributed by atoms with E-state index in [1.807, 2.05) is 36.6 Å². The second-order valence-corrected chi connectivity index (χ2v) is 5.31. The van der Waals surface area contributed by atoms with Crippen molar-refractivity contribution in [1.29, 1.82) is 0 Å². The maximum Gasteiger partial charge on any atom is 0.326 e. The summed E-state index contributed by atoms with van der Waals surface area (Å²) in [7, 11) is 0. The molecule has 2 amide bonds. The van der Waals surface area contributed by atoms with Crippen LogP contribution in [0, 0.1) is 0 Å². The number of rotatable bonds is 8. The zero-order valence-corrected chi connectivity index (χ0v) is 12.3. The van der Waals surface area contributed by atoms with E-state index in [-0.39, 0.29) is 6.42 Å². The predicted molar refractivity (Wildman–Crippen MR) is 81.1 cm³/mol. The van der Waals surface area contributed by atoms with Crippen LogP contribution in [0.3, 0.4) is 0 Å². The van der Waals surface area contributed by atoms with Crippen molar-refractivity contribution in [2.45, 2.75) is 18.9 Å². The van der Waals surface area contributed by atoms with Gasteiger partial charge in [-0.3, -0.25) is 0 Å². The Kier molecular flexibility index (Phi) is 7.57. The summed E-state index contributed by atoms with van der Waals surface area (Å²) >= 11 is 1.71. The average molecular weight is 296 g/mol. The second-order valence-electron chi connectivity index (χ2n) is 4.33. The third kappa shape index (κ3) is 6.47. The molecule has 1 aromatic rings. The molecule has 6 heteroatoms. The Hall–Kier alpha value is -1.69. The SMILES string of the molecule is CSCCCNC(=O)N[C@H](Cc1ccccc1)C(=O)O. The molecule has 0 spiro atoms. The van der Waals surface area contributed by atoms with Gasteiger partial charge in [0.2, 0.25) is 0 Å². The first-order valence-corrected chi connectivity index (χ1v) is 7.83. The minimum Gasteiger partial charge on any atom is -0.480 e. The van der Waals surface area contributed by atoms with E-state index in [2.05, 4.69) is 10.6 Å². The lowest BCUT2D eigenvalue weighted by Crippen LogP contribution is -2.47. The van der Waals surface area contributed by atoms with Gasteiger partial charge in [-0.1, -0.05) is 30.3 Å². The number of aliphatic carboxylic acids is 1. The van der Waals surface area contributed by atoms with Crippen molar-refractivity contribution in [2.75, 3.05) is 18.6 Å². The van der Waals surface area contributed by atoms with Crippen molar-refractivity contribution >= 4 is 23.8 Å². The molecule has 0 saturated carbocycles. The van der Waals surface area contributed by atoms with Crippen LogP contribution >= 0.6 is 11.8 Å². The lowest BCUT2D eigenvalue weighted by molar-refractivity contribution is -0.139. The van der Waals surface area contributed by atoms with E-state index >= 15 is 0 Å². The number of carbonyl (C=O) groups excluding carboxylic acids is 1. The number of hydrogen-bond donors (Lipinski definition) is 3. The Morgan fingerprint density at radius 1 is 1.30 bits per heavy atom. The van der Waals surface area contributed by atoms with Crippen molar-refractivity contribution < 1.29 is 14.7 Å². The zero-order chi connectivity index (χ0) is 14.8. The fourth-order valence-electron chi connectivity index (χ4n) is 1.68. The normalized spacial score (nSPS) is 11.7. The van der Waals surface area contributed by atoms with E-state index in [1.165, 1.54) is 0 Å². The molecule has 0 heterocycles. The minimum atomic E-state index is -1.03. The van der Waals surface area contributed by atoms with E-state index in [0.29, 0.717) is 6.54 Å². The molecule has 0 aromatic heterocycles. The van der Waals surface area contributed by atoms with Crippen LogP contribution in [0.25, 0.3) is 0 Å². The first-order valence-electron chi connectivity index (χ1n) is 6.43. The van der Waals surface area contributed by atoms with Gasteiger partial charge in [-0.25, -0.2) is 9.59 Å². The number of benzene rings is 1. The molecule has 0 aliphatic carbocycles. The van der Waals surface area contributed by atoms with Crippen LogP contribution in [-0.2, 0) is 11.2 Å². The molecule has 0 fully saturated rings. The molecular formula is C14H20N2O3S. The van der Waals surface area contributed by atoms with Gasteiger partial charge < -0.3 is 15.7 Å². The summed E-state index contributed by atoms with van der Waals surface area (Å²) in [6.07, 6.45) is 3.14. The van der Waals surface area contributed by atoms with Crippen molar-refractivity contribution in [2.24, 2.45) is 0 Å². The maximum absolute atomic E-state index is 11.6. The molecule has 5 nitrogen and oxygen atoms in total. The number of amides is 2. The standard InChI is InChI=1S/C14H20N2O3S/c1-20-9-5-8-15-14(19)16-12(13(17)18)10-11-6-3-2-4-7-11/h2-4,6-7,12H,5,8-10H2,1H3,(H,17,18)(H2,15,16,19)/t12-/m1/s1. The smallest absolute Gasteiger partial charge is 0.326 e. The summed E-state index contributed by atoms with van der Waals surface area (Å²) in [5.74, 6) is -0.0692. The summed E-state index contributed by atoms with van der Waals surface area (Å²) in [4.78, 5) is 22.8. The van der Waals surface area contributed by atoms with E-state index in [1.54, 1.807) is 11.8 Å². The Morgan fingerprint density at radius 3 is 2.60 bits per heavy atom. The molecule has 0 aliphatic rings. The highest BCUT2D eigenvalue weighted by atomic mass is 32.2. The monoisotopic (exact) mass is 296 g/mol. The summed E-state index contributed by atoms with van der Waals surface area (Å²) in [6.45, 7) is 0.546. The number of thioether (sulfide) groups is 1. The van der Waals surface area contributed by atoms with Crippen molar-refractivity contribution in [3.63, 3.8) is 0 Å². The quantitative estimate of drug-likeness (QED) is 0.638. The molecule has 1 atom stereocenters. The average Bonchev–Trinajstić information content (AvgIpc) is 2.44. The Balaban J connectivity index is 2.43. The van der Waals surface area contributed by atoms with Crippen LogP contribution in [0.2, 0.25) is 0 Å². The number of carbonyl (C=O) groups is 2. The number of nitrogens with one attached hydrogen (secondary N) is 2. The van der Waals surface area contributed by atoms with E-state index in [4.69, 9.17) is 5.11 Å². The van der Waals surface area contributed by atoms with Crippen molar-refractivity contribution in [3.8, 4) is 0 Å². The highest BCUT2D eigenvalue weighted by molar-refractivity contribution is 7.98. The molecule has 0 bridgehead atoms. The van der Waals surface area contributed by atoms with Gasteiger partial charge in [-0.05, 0) is 24.0 Å². The van der Waals surface area contributed by atoms with Crippen molar-refractivity contribution in [3.05, 3.63) is 35.9 Å². The zero-order valence-electron chi connectivity index (χ0n) is 11.5. The van der Waals surface area contributed by atoms with Gasteiger partial charge in [0.05, 0.1) is 0 Å². The molecule has 110 valence electrons.